The van der Waals surface area contributed by atoms with Gasteiger partial charge in [-0.1, -0.05) is 12.8 Å². The summed E-state index contributed by atoms with van der Waals surface area (Å²) >= 11 is 3.37. The summed E-state index contributed by atoms with van der Waals surface area (Å²) in [5.41, 5.74) is 4.67. The van der Waals surface area contributed by atoms with Gasteiger partial charge in [-0.15, -0.1) is 22.7 Å². The maximum atomic E-state index is 4.82. The zero-order valence-electron chi connectivity index (χ0n) is 13.4. The zero-order chi connectivity index (χ0) is 15.8. The zero-order valence-corrected chi connectivity index (χ0v) is 15.0. The number of thiazole rings is 2. The lowest BCUT2D eigenvalue weighted by atomic mass is 10.2. The Hall–Kier alpha value is -1.66. The van der Waals surface area contributed by atoms with Crippen molar-refractivity contribution in [3.8, 4) is 16.4 Å². The third-order valence-electron chi connectivity index (χ3n) is 4.50. The Balaban J connectivity index is 1.63. The lowest BCUT2D eigenvalue weighted by Gasteiger charge is -2.09. The molecule has 0 amide bonds. The molecule has 1 aliphatic rings. The van der Waals surface area contributed by atoms with Crippen LogP contribution in [0.25, 0.3) is 16.4 Å². The molecular weight excluding hydrogens is 324 g/mol. The predicted octanol–water partition coefficient (Wildman–Crippen LogP) is 5.03. The second-order valence-electron chi connectivity index (χ2n) is 6.10. The van der Waals surface area contributed by atoms with Crippen molar-refractivity contribution in [1.29, 1.82) is 0 Å². The van der Waals surface area contributed by atoms with Crippen LogP contribution in [0.15, 0.2) is 23.0 Å². The van der Waals surface area contributed by atoms with E-state index in [2.05, 4.69) is 40.2 Å². The van der Waals surface area contributed by atoms with Gasteiger partial charge in [-0.05, 0) is 32.8 Å². The molecule has 4 rings (SSSR count). The van der Waals surface area contributed by atoms with E-state index >= 15 is 0 Å². The van der Waals surface area contributed by atoms with E-state index in [-0.39, 0.29) is 0 Å². The Morgan fingerprint density at radius 2 is 2.04 bits per heavy atom. The summed E-state index contributed by atoms with van der Waals surface area (Å²) in [5, 5.41) is 9.83. The van der Waals surface area contributed by atoms with Gasteiger partial charge in [0.15, 0.2) is 10.3 Å². The first-order valence-corrected chi connectivity index (χ1v) is 9.79. The van der Waals surface area contributed by atoms with Crippen LogP contribution in [0.1, 0.15) is 37.1 Å². The second-order valence-corrected chi connectivity index (χ2v) is 7.83. The van der Waals surface area contributed by atoms with Gasteiger partial charge >= 0.3 is 0 Å². The Morgan fingerprint density at radius 1 is 1.22 bits per heavy atom. The number of hydrogen-bond acceptors (Lipinski definition) is 5. The van der Waals surface area contributed by atoms with Gasteiger partial charge in [-0.3, -0.25) is 4.57 Å². The summed E-state index contributed by atoms with van der Waals surface area (Å²) < 4.78 is 2.21. The molecule has 0 radical (unpaired) electrons. The lowest BCUT2D eigenvalue weighted by Crippen LogP contribution is -2.13. The highest BCUT2D eigenvalue weighted by Gasteiger charge is 2.18. The standard InChI is InChI=1S/C17H20N4S2/c1-11-9-14(12(2)21(11)17-18-7-8-22-17)15-10-23-16(20-15)19-13-5-3-4-6-13/h7-10,13H,3-6H2,1-2H3,(H,19,20). The van der Waals surface area contributed by atoms with Crippen molar-refractivity contribution in [2.75, 3.05) is 5.32 Å². The fourth-order valence-electron chi connectivity index (χ4n) is 3.35. The van der Waals surface area contributed by atoms with E-state index < -0.39 is 0 Å². The van der Waals surface area contributed by atoms with Crippen molar-refractivity contribution in [2.45, 2.75) is 45.6 Å². The molecule has 120 valence electrons. The summed E-state index contributed by atoms with van der Waals surface area (Å²) in [4.78, 5) is 9.26. The van der Waals surface area contributed by atoms with Crippen LogP contribution in [-0.2, 0) is 0 Å². The first kappa shape index (κ1) is 14.9. The fourth-order valence-corrected chi connectivity index (χ4v) is 4.89. The van der Waals surface area contributed by atoms with E-state index in [9.17, 15) is 0 Å². The van der Waals surface area contributed by atoms with Gasteiger partial charge in [0.2, 0.25) is 0 Å². The second kappa shape index (κ2) is 6.09. The number of rotatable bonds is 4. The van der Waals surface area contributed by atoms with Crippen molar-refractivity contribution in [3.05, 3.63) is 34.4 Å². The van der Waals surface area contributed by atoms with Gasteiger partial charge in [0.25, 0.3) is 0 Å². The van der Waals surface area contributed by atoms with Crippen LogP contribution in [0.5, 0.6) is 0 Å². The summed E-state index contributed by atoms with van der Waals surface area (Å²) in [6.07, 6.45) is 7.07. The van der Waals surface area contributed by atoms with Gasteiger partial charge in [0.1, 0.15) is 0 Å². The number of anilines is 1. The molecule has 23 heavy (non-hydrogen) atoms. The molecule has 6 heteroatoms. The van der Waals surface area contributed by atoms with Gasteiger partial charge in [0, 0.05) is 40.0 Å². The number of nitrogens with zero attached hydrogens (tertiary/aromatic N) is 3. The SMILES string of the molecule is Cc1cc(-c2csc(NC3CCCC3)n2)c(C)n1-c1nccs1. The molecule has 3 aromatic rings. The lowest BCUT2D eigenvalue weighted by molar-refractivity contribution is 0.754. The quantitative estimate of drug-likeness (QED) is 0.722. The Morgan fingerprint density at radius 3 is 2.78 bits per heavy atom. The maximum Gasteiger partial charge on any atom is 0.193 e. The van der Waals surface area contributed by atoms with Crippen LogP contribution in [0, 0.1) is 13.8 Å². The average Bonchev–Trinajstić information content (AvgIpc) is 3.28. The van der Waals surface area contributed by atoms with Gasteiger partial charge in [-0.25, -0.2) is 9.97 Å². The predicted molar refractivity (Wildman–Crippen MR) is 97.9 cm³/mol. The molecule has 1 N–H and O–H groups in total. The molecule has 0 spiro atoms. The van der Waals surface area contributed by atoms with E-state index in [1.54, 1.807) is 22.7 Å². The van der Waals surface area contributed by atoms with Crippen LogP contribution in [0.4, 0.5) is 5.13 Å². The summed E-state index contributed by atoms with van der Waals surface area (Å²) in [7, 11) is 0. The fraction of sp³-hybridized carbons (Fsp3) is 0.412. The molecule has 0 aliphatic heterocycles. The van der Waals surface area contributed by atoms with Crippen molar-refractivity contribution in [2.24, 2.45) is 0 Å². The number of aryl methyl sites for hydroxylation is 1. The average molecular weight is 345 g/mol. The van der Waals surface area contributed by atoms with E-state index in [0.717, 1.165) is 16.0 Å². The maximum absolute atomic E-state index is 4.82. The minimum Gasteiger partial charge on any atom is -0.359 e. The Bertz CT molecular complexity index is 795. The largest absolute Gasteiger partial charge is 0.359 e. The molecule has 0 atom stereocenters. The van der Waals surface area contributed by atoms with E-state index in [0.29, 0.717) is 6.04 Å². The molecule has 0 bridgehead atoms. The van der Waals surface area contributed by atoms with Crippen molar-refractivity contribution in [1.82, 2.24) is 14.5 Å². The van der Waals surface area contributed by atoms with E-state index in [4.69, 9.17) is 4.98 Å². The normalized spacial score (nSPS) is 15.4. The Labute approximate surface area is 144 Å². The number of aromatic nitrogens is 3. The molecule has 0 unspecified atom stereocenters. The van der Waals surface area contributed by atoms with E-state index in [1.807, 2.05) is 11.6 Å². The van der Waals surface area contributed by atoms with Crippen LogP contribution in [-0.4, -0.2) is 20.6 Å². The molecule has 4 nitrogen and oxygen atoms in total. The molecule has 3 aromatic heterocycles. The molecule has 3 heterocycles. The van der Waals surface area contributed by atoms with E-state index in [1.165, 1.54) is 42.6 Å². The number of hydrogen-bond donors (Lipinski definition) is 1. The first-order chi connectivity index (χ1) is 11.2. The summed E-state index contributed by atoms with van der Waals surface area (Å²) in [5.74, 6) is 0. The third-order valence-corrected chi connectivity index (χ3v) is 6.03. The molecule has 1 saturated carbocycles. The van der Waals surface area contributed by atoms with Gasteiger partial charge in [-0.2, -0.15) is 0 Å². The molecule has 0 saturated heterocycles. The van der Waals surface area contributed by atoms with Crippen LogP contribution >= 0.6 is 22.7 Å². The van der Waals surface area contributed by atoms with Crippen molar-refractivity contribution < 1.29 is 0 Å². The first-order valence-electron chi connectivity index (χ1n) is 8.03. The minimum absolute atomic E-state index is 0.608. The monoisotopic (exact) mass is 344 g/mol. The molecule has 1 aliphatic carbocycles. The Kier molecular flexibility index (Phi) is 3.95. The van der Waals surface area contributed by atoms with Crippen LogP contribution < -0.4 is 5.32 Å². The van der Waals surface area contributed by atoms with Gasteiger partial charge < -0.3 is 5.32 Å². The minimum atomic E-state index is 0.608. The highest BCUT2D eigenvalue weighted by Crippen LogP contribution is 2.33. The number of nitrogens with one attached hydrogen (secondary N) is 1. The topological polar surface area (TPSA) is 42.7 Å². The molecule has 1 fully saturated rings. The smallest absolute Gasteiger partial charge is 0.193 e. The highest BCUT2D eigenvalue weighted by molar-refractivity contribution is 7.14. The van der Waals surface area contributed by atoms with Crippen molar-refractivity contribution in [3.63, 3.8) is 0 Å². The molecular formula is C17H20N4S2. The van der Waals surface area contributed by atoms with Crippen molar-refractivity contribution >= 4 is 27.8 Å². The van der Waals surface area contributed by atoms with Gasteiger partial charge in [0.05, 0.1) is 5.69 Å². The highest BCUT2D eigenvalue weighted by atomic mass is 32.1. The van der Waals surface area contributed by atoms with Crippen LogP contribution in [0.2, 0.25) is 0 Å². The molecule has 0 aromatic carbocycles. The summed E-state index contributed by atoms with van der Waals surface area (Å²) in [6.45, 7) is 4.27. The summed E-state index contributed by atoms with van der Waals surface area (Å²) in [6, 6.07) is 2.82. The third kappa shape index (κ3) is 2.81. The van der Waals surface area contributed by atoms with Crippen LogP contribution in [0.3, 0.4) is 0 Å².